The van der Waals surface area contributed by atoms with Crippen LogP contribution in [0.2, 0.25) is 0 Å². The molecule has 3 rings (SSSR count). The molecule has 7 heteroatoms. The van der Waals surface area contributed by atoms with E-state index in [2.05, 4.69) is 10.6 Å². The summed E-state index contributed by atoms with van der Waals surface area (Å²) in [4.78, 5) is 23.4. The highest BCUT2D eigenvalue weighted by Crippen LogP contribution is 2.25. The molecule has 0 aliphatic rings. The van der Waals surface area contributed by atoms with E-state index in [4.69, 9.17) is 4.74 Å². The molecule has 0 bridgehead atoms. The molecular formula is C23H22N2O5. The molecule has 0 fully saturated rings. The minimum absolute atomic E-state index is 0.111. The van der Waals surface area contributed by atoms with Gasteiger partial charge >= 0.3 is 6.09 Å². The average molecular weight is 406 g/mol. The lowest BCUT2D eigenvalue weighted by Gasteiger charge is -2.19. The molecule has 7 nitrogen and oxygen atoms in total. The third-order valence-corrected chi connectivity index (χ3v) is 4.36. The number of aliphatic hydroxyl groups excluding tert-OH is 1. The maximum Gasteiger partial charge on any atom is 0.405 e. The average Bonchev–Trinajstić information content (AvgIpc) is 2.77. The third-order valence-electron chi connectivity index (χ3n) is 4.36. The SMILES string of the molecule is O=C(O)NC(c1ccccc1)c1cccc(OCC(=O)Nc2cccc(CO)c2)c1. The summed E-state index contributed by atoms with van der Waals surface area (Å²) in [5.41, 5.74) is 2.74. The van der Waals surface area contributed by atoms with Gasteiger partial charge in [0.1, 0.15) is 5.75 Å². The summed E-state index contributed by atoms with van der Waals surface area (Å²) < 4.78 is 5.59. The molecule has 2 amide bonds. The normalized spacial score (nSPS) is 11.4. The van der Waals surface area contributed by atoms with Crippen LogP contribution in [0.4, 0.5) is 10.5 Å². The molecule has 0 radical (unpaired) electrons. The van der Waals surface area contributed by atoms with E-state index in [1.165, 1.54) is 0 Å². The fraction of sp³-hybridized carbons (Fsp3) is 0.130. The van der Waals surface area contributed by atoms with E-state index in [-0.39, 0.29) is 19.1 Å². The van der Waals surface area contributed by atoms with E-state index in [1.807, 2.05) is 30.3 Å². The number of carboxylic acid groups (broad SMARTS) is 1. The largest absolute Gasteiger partial charge is 0.484 e. The number of carbonyl (C=O) groups is 2. The van der Waals surface area contributed by atoms with Crippen molar-refractivity contribution >= 4 is 17.7 Å². The van der Waals surface area contributed by atoms with Crippen molar-refractivity contribution in [1.82, 2.24) is 5.32 Å². The van der Waals surface area contributed by atoms with Gasteiger partial charge < -0.3 is 25.6 Å². The second kappa shape index (κ2) is 10.1. The molecule has 154 valence electrons. The van der Waals surface area contributed by atoms with Crippen molar-refractivity contribution in [2.45, 2.75) is 12.6 Å². The van der Waals surface area contributed by atoms with Crippen LogP contribution in [-0.4, -0.2) is 28.8 Å². The monoisotopic (exact) mass is 406 g/mol. The summed E-state index contributed by atoms with van der Waals surface area (Å²) in [5.74, 6) is 0.0960. The van der Waals surface area contributed by atoms with Crippen molar-refractivity contribution in [3.05, 3.63) is 95.6 Å². The quantitative estimate of drug-likeness (QED) is 0.458. The number of benzene rings is 3. The van der Waals surface area contributed by atoms with Crippen molar-refractivity contribution in [2.24, 2.45) is 0 Å². The molecule has 3 aromatic carbocycles. The number of aliphatic hydroxyl groups is 1. The Morgan fingerprint density at radius 2 is 1.63 bits per heavy atom. The maximum atomic E-state index is 12.2. The topological polar surface area (TPSA) is 108 Å². The van der Waals surface area contributed by atoms with Crippen LogP contribution >= 0.6 is 0 Å². The summed E-state index contributed by atoms with van der Waals surface area (Å²) in [5, 5.41) is 23.6. The lowest BCUT2D eigenvalue weighted by molar-refractivity contribution is -0.118. The molecule has 0 saturated heterocycles. The first kappa shape index (κ1) is 20.9. The van der Waals surface area contributed by atoms with Crippen molar-refractivity contribution in [3.63, 3.8) is 0 Å². The Labute approximate surface area is 173 Å². The smallest absolute Gasteiger partial charge is 0.405 e. The number of hydrogen-bond donors (Lipinski definition) is 4. The predicted molar refractivity (Wildman–Crippen MR) is 112 cm³/mol. The van der Waals surface area contributed by atoms with Gasteiger partial charge in [-0.05, 0) is 41.0 Å². The van der Waals surface area contributed by atoms with Gasteiger partial charge in [0.25, 0.3) is 5.91 Å². The molecule has 4 N–H and O–H groups in total. The first-order chi connectivity index (χ1) is 14.5. The van der Waals surface area contributed by atoms with Crippen molar-refractivity contribution in [2.75, 3.05) is 11.9 Å². The van der Waals surface area contributed by atoms with Gasteiger partial charge in [-0.15, -0.1) is 0 Å². The van der Waals surface area contributed by atoms with E-state index in [0.717, 1.165) is 5.56 Å². The molecular weight excluding hydrogens is 384 g/mol. The Morgan fingerprint density at radius 1 is 0.900 bits per heavy atom. The van der Waals surface area contributed by atoms with E-state index < -0.39 is 12.1 Å². The Morgan fingerprint density at radius 3 is 2.37 bits per heavy atom. The number of carbonyl (C=O) groups excluding carboxylic acids is 1. The molecule has 0 aliphatic carbocycles. The van der Waals surface area contributed by atoms with Crippen LogP contribution in [0.25, 0.3) is 0 Å². The summed E-state index contributed by atoms with van der Waals surface area (Å²) in [7, 11) is 0. The van der Waals surface area contributed by atoms with Crippen LogP contribution in [0, 0.1) is 0 Å². The Bertz CT molecular complexity index is 1010. The zero-order chi connectivity index (χ0) is 21.3. The molecule has 1 atom stereocenters. The minimum Gasteiger partial charge on any atom is -0.484 e. The summed E-state index contributed by atoms with van der Waals surface area (Å²) in [6.07, 6.45) is -1.14. The van der Waals surface area contributed by atoms with E-state index in [9.17, 15) is 19.8 Å². The van der Waals surface area contributed by atoms with Crippen LogP contribution in [-0.2, 0) is 11.4 Å². The number of ether oxygens (including phenoxy) is 1. The zero-order valence-electron chi connectivity index (χ0n) is 16.1. The minimum atomic E-state index is -1.14. The standard InChI is InChI=1S/C23H22N2O5/c26-14-16-6-4-10-19(12-16)24-21(27)15-30-20-11-5-9-18(13-20)22(25-23(28)29)17-7-2-1-3-8-17/h1-13,22,25-26H,14-15H2,(H,24,27)(H,28,29). The van der Waals surface area contributed by atoms with Gasteiger partial charge in [0.05, 0.1) is 12.6 Å². The van der Waals surface area contributed by atoms with Gasteiger partial charge in [-0.3, -0.25) is 4.79 Å². The van der Waals surface area contributed by atoms with E-state index >= 15 is 0 Å². The first-order valence-electron chi connectivity index (χ1n) is 9.32. The highest BCUT2D eigenvalue weighted by atomic mass is 16.5. The lowest BCUT2D eigenvalue weighted by Crippen LogP contribution is -2.27. The lowest BCUT2D eigenvalue weighted by atomic mass is 9.99. The van der Waals surface area contributed by atoms with Crippen molar-refractivity contribution < 1.29 is 24.5 Å². The van der Waals surface area contributed by atoms with E-state index in [0.29, 0.717) is 22.6 Å². The van der Waals surface area contributed by atoms with Gasteiger partial charge in [-0.25, -0.2) is 4.79 Å². The molecule has 0 aliphatic heterocycles. The van der Waals surface area contributed by atoms with Gasteiger partial charge in [0.2, 0.25) is 0 Å². The molecule has 3 aromatic rings. The highest BCUT2D eigenvalue weighted by Gasteiger charge is 2.17. The Kier molecular flexibility index (Phi) is 7.02. The van der Waals surface area contributed by atoms with Gasteiger partial charge in [0.15, 0.2) is 6.61 Å². The summed E-state index contributed by atoms with van der Waals surface area (Å²) in [6.45, 7) is -0.324. The van der Waals surface area contributed by atoms with Crippen molar-refractivity contribution in [1.29, 1.82) is 0 Å². The highest BCUT2D eigenvalue weighted by molar-refractivity contribution is 5.91. The third kappa shape index (κ3) is 5.83. The molecule has 0 aromatic heterocycles. The summed E-state index contributed by atoms with van der Waals surface area (Å²) >= 11 is 0. The Hall–Kier alpha value is -3.84. The molecule has 0 saturated carbocycles. The number of anilines is 1. The number of amides is 2. The summed E-state index contributed by atoms with van der Waals surface area (Å²) in [6, 6.07) is 22.5. The maximum absolute atomic E-state index is 12.2. The second-order valence-electron chi connectivity index (χ2n) is 6.56. The Balaban J connectivity index is 1.68. The zero-order valence-corrected chi connectivity index (χ0v) is 16.1. The van der Waals surface area contributed by atoms with Crippen LogP contribution in [0.3, 0.4) is 0 Å². The molecule has 1 unspecified atom stereocenters. The van der Waals surface area contributed by atoms with Crippen LogP contribution < -0.4 is 15.4 Å². The number of hydrogen-bond acceptors (Lipinski definition) is 4. The fourth-order valence-electron chi connectivity index (χ4n) is 3.01. The molecule has 30 heavy (non-hydrogen) atoms. The fourth-order valence-corrected chi connectivity index (χ4v) is 3.01. The number of nitrogens with one attached hydrogen (secondary N) is 2. The van der Waals surface area contributed by atoms with Gasteiger partial charge in [-0.1, -0.05) is 54.6 Å². The van der Waals surface area contributed by atoms with Crippen molar-refractivity contribution in [3.8, 4) is 5.75 Å². The second-order valence-corrected chi connectivity index (χ2v) is 6.56. The van der Waals surface area contributed by atoms with Gasteiger partial charge in [0, 0.05) is 5.69 Å². The van der Waals surface area contributed by atoms with Crippen LogP contribution in [0.15, 0.2) is 78.9 Å². The predicted octanol–water partition coefficient (Wildman–Crippen LogP) is 3.55. The first-order valence-corrected chi connectivity index (χ1v) is 9.32. The van der Waals surface area contributed by atoms with Crippen LogP contribution in [0.5, 0.6) is 5.75 Å². The molecule has 0 spiro atoms. The van der Waals surface area contributed by atoms with E-state index in [1.54, 1.807) is 48.5 Å². The number of rotatable bonds is 8. The molecule has 0 heterocycles. The van der Waals surface area contributed by atoms with Crippen LogP contribution in [0.1, 0.15) is 22.7 Å². The van der Waals surface area contributed by atoms with Gasteiger partial charge in [-0.2, -0.15) is 0 Å².